The van der Waals surface area contributed by atoms with E-state index in [2.05, 4.69) is 10.2 Å². The van der Waals surface area contributed by atoms with Crippen molar-refractivity contribution >= 4 is 5.65 Å². The Bertz CT molecular complexity index is 808. The number of nitrogens with zero attached hydrogens (tertiary/aromatic N) is 3. The second-order valence-corrected chi connectivity index (χ2v) is 4.92. The Morgan fingerprint density at radius 3 is 2.59 bits per heavy atom. The number of fused-ring (bicyclic) bond motifs is 1. The standard InChI is InChI=1S/C15H13F3N4/c16-15(17,18)12-4-2-1-3-11(12)8-14-21-20-13-7-10(9-19)5-6-22(13)14/h1-7H,8-9,19H2. The maximum absolute atomic E-state index is 13.0. The lowest BCUT2D eigenvalue weighted by molar-refractivity contribution is -0.138. The van der Waals surface area contributed by atoms with Gasteiger partial charge in [-0.3, -0.25) is 4.40 Å². The third-order valence-corrected chi connectivity index (χ3v) is 3.45. The number of benzene rings is 1. The van der Waals surface area contributed by atoms with Crippen molar-refractivity contribution in [2.24, 2.45) is 5.73 Å². The summed E-state index contributed by atoms with van der Waals surface area (Å²) in [4.78, 5) is 0. The summed E-state index contributed by atoms with van der Waals surface area (Å²) in [6.45, 7) is 0.371. The van der Waals surface area contributed by atoms with Crippen molar-refractivity contribution in [3.63, 3.8) is 0 Å². The summed E-state index contributed by atoms with van der Waals surface area (Å²) in [5.41, 5.74) is 6.54. The van der Waals surface area contributed by atoms with E-state index in [-0.39, 0.29) is 12.0 Å². The summed E-state index contributed by atoms with van der Waals surface area (Å²) in [5, 5.41) is 7.99. The van der Waals surface area contributed by atoms with Crippen molar-refractivity contribution in [1.29, 1.82) is 0 Å². The van der Waals surface area contributed by atoms with Gasteiger partial charge in [-0.2, -0.15) is 13.2 Å². The van der Waals surface area contributed by atoms with E-state index >= 15 is 0 Å². The maximum atomic E-state index is 13.0. The van der Waals surface area contributed by atoms with Crippen molar-refractivity contribution in [3.8, 4) is 0 Å². The van der Waals surface area contributed by atoms with E-state index in [0.717, 1.165) is 11.6 Å². The molecule has 7 heteroatoms. The molecule has 0 fully saturated rings. The van der Waals surface area contributed by atoms with Crippen LogP contribution in [0.1, 0.15) is 22.5 Å². The largest absolute Gasteiger partial charge is 0.416 e. The van der Waals surface area contributed by atoms with E-state index in [1.54, 1.807) is 28.8 Å². The van der Waals surface area contributed by atoms with Crippen LogP contribution in [0.4, 0.5) is 13.2 Å². The first-order chi connectivity index (χ1) is 10.5. The summed E-state index contributed by atoms with van der Waals surface area (Å²) >= 11 is 0. The normalized spacial score (nSPS) is 12.0. The van der Waals surface area contributed by atoms with Crippen LogP contribution in [0.2, 0.25) is 0 Å². The molecule has 3 rings (SSSR count). The summed E-state index contributed by atoms with van der Waals surface area (Å²) in [5.74, 6) is 0.454. The van der Waals surface area contributed by atoms with Crippen LogP contribution in [0.5, 0.6) is 0 Å². The van der Waals surface area contributed by atoms with Crippen LogP contribution in [0, 0.1) is 0 Å². The molecule has 2 heterocycles. The summed E-state index contributed by atoms with van der Waals surface area (Å²) in [6.07, 6.45) is -2.61. The van der Waals surface area contributed by atoms with Gasteiger partial charge in [0.25, 0.3) is 0 Å². The molecule has 0 radical (unpaired) electrons. The Morgan fingerprint density at radius 1 is 1.09 bits per heavy atom. The monoisotopic (exact) mass is 306 g/mol. The molecule has 0 saturated heterocycles. The predicted octanol–water partition coefficient (Wildman–Crippen LogP) is 2.80. The van der Waals surface area contributed by atoms with E-state index in [9.17, 15) is 13.2 Å². The highest BCUT2D eigenvalue weighted by Gasteiger charge is 2.33. The number of aromatic nitrogens is 3. The van der Waals surface area contributed by atoms with E-state index in [0.29, 0.717) is 18.0 Å². The van der Waals surface area contributed by atoms with Crippen LogP contribution in [-0.4, -0.2) is 14.6 Å². The van der Waals surface area contributed by atoms with Crippen LogP contribution < -0.4 is 5.73 Å². The molecular formula is C15H13F3N4. The Kier molecular flexibility index (Phi) is 3.58. The summed E-state index contributed by atoms with van der Waals surface area (Å²) < 4.78 is 40.8. The Balaban J connectivity index is 2.01. The second kappa shape index (κ2) is 5.42. The molecule has 0 aliphatic carbocycles. The molecule has 1 aromatic carbocycles. The molecule has 0 spiro atoms. The van der Waals surface area contributed by atoms with Gasteiger partial charge in [0.05, 0.1) is 5.56 Å². The summed E-state index contributed by atoms with van der Waals surface area (Å²) in [6, 6.07) is 9.06. The van der Waals surface area contributed by atoms with Crippen LogP contribution in [0.15, 0.2) is 42.6 Å². The van der Waals surface area contributed by atoms with Crippen molar-refractivity contribution in [3.05, 3.63) is 65.1 Å². The van der Waals surface area contributed by atoms with Gasteiger partial charge < -0.3 is 5.73 Å². The van der Waals surface area contributed by atoms with Crippen LogP contribution in [0.3, 0.4) is 0 Å². The van der Waals surface area contributed by atoms with Gasteiger partial charge in [-0.05, 0) is 29.3 Å². The molecular weight excluding hydrogens is 293 g/mol. The number of halogens is 3. The van der Waals surface area contributed by atoms with E-state index in [1.165, 1.54) is 12.1 Å². The summed E-state index contributed by atoms with van der Waals surface area (Å²) in [7, 11) is 0. The van der Waals surface area contributed by atoms with Gasteiger partial charge in [-0.25, -0.2) is 0 Å². The fourth-order valence-corrected chi connectivity index (χ4v) is 2.35. The fraction of sp³-hybridized carbons (Fsp3) is 0.200. The fourth-order valence-electron chi connectivity index (χ4n) is 2.35. The highest BCUT2D eigenvalue weighted by molar-refractivity contribution is 5.42. The predicted molar refractivity (Wildman–Crippen MR) is 75.1 cm³/mol. The zero-order valence-electron chi connectivity index (χ0n) is 11.5. The topological polar surface area (TPSA) is 56.2 Å². The van der Waals surface area contributed by atoms with Gasteiger partial charge in [-0.15, -0.1) is 10.2 Å². The average molecular weight is 306 g/mol. The maximum Gasteiger partial charge on any atom is 0.416 e. The molecule has 4 nitrogen and oxygen atoms in total. The number of hydrogen-bond acceptors (Lipinski definition) is 3. The van der Waals surface area contributed by atoms with Gasteiger partial charge in [0.2, 0.25) is 0 Å². The molecule has 114 valence electrons. The van der Waals surface area contributed by atoms with Crippen LogP contribution in [0.25, 0.3) is 5.65 Å². The third-order valence-electron chi connectivity index (χ3n) is 3.45. The minimum Gasteiger partial charge on any atom is -0.326 e. The average Bonchev–Trinajstić information content (AvgIpc) is 2.89. The quantitative estimate of drug-likeness (QED) is 0.809. The number of pyridine rings is 1. The zero-order chi connectivity index (χ0) is 15.7. The minimum absolute atomic E-state index is 0.0544. The lowest BCUT2D eigenvalue weighted by Crippen LogP contribution is -2.10. The van der Waals surface area contributed by atoms with Crippen LogP contribution >= 0.6 is 0 Å². The number of nitrogens with two attached hydrogens (primary N) is 1. The highest BCUT2D eigenvalue weighted by Crippen LogP contribution is 2.32. The molecule has 0 aliphatic rings. The Labute approximate surface area is 124 Å². The van der Waals surface area contributed by atoms with Crippen LogP contribution in [-0.2, 0) is 19.1 Å². The van der Waals surface area contributed by atoms with Gasteiger partial charge in [-0.1, -0.05) is 18.2 Å². The third kappa shape index (κ3) is 2.67. The zero-order valence-corrected chi connectivity index (χ0v) is 11.5. The Hall–Kier alpha value is -2.41. The lowest BCUT2D eigenvalue weighted by atomic mass is 10.0. The number of hydrogen-bond donors (Lipinski definition) is 1. The van der Waals surface area contributed by atoms with E-state index in [4.69, 9.17) is 5.73 Å². The second-order valence-electron chi connectivity index (χ2n) is 4.92. The van der Waals surface area contributed by atoms with E-state index < -0.39 is 11.7 Å². The van der Waals surface area contributed by atoms with Gasteiger partial charge in [0, 0.05) is 19.2 Å². The van der Waals surface area contributed by atoms with Gasteiger partial charge in [0.15, 0.2) is 5.65 Å². The van der Waals surface area contributed by atoms with Gasteiger partial charge >= 0.3 is 6.18 Å². The molecule has 22 heavy (non-hydrogen) atoms. The number of rotatable bonds is 3. The SMILES string of the molecule is NCc1ccn2c(Cc3ccccc3C(F)(F)F)nnc2c1. The van der Waals surface area contributed by atoms with Crippen molar-refractivity contribution in [2.75, 3.05) is 0 Å². The lowest BCUT2D eigenvalue weighted by Gasteiger charge is -2.11. The Morgan fingerprint density at radius 2 is 1.86 bits per heavy atom. The molecule has 0 amide bonds. The van der Waals surface area contributed by atoms with Crippen molar-refractivity contribution in [1.82, 2.24) is 14.6 Å². The van der Waals surface area contributed by atoms with Crippen molar-refractivity contribution in [2.45, 2.75) is 19.1 Å². The molecule has 2 aromatic heterocycles. The molecule has 0 unspecified atom stereocenters. The number of alkyl halides is 3. The smallest absolute Gasteiger partial charge is 0.326 e. The van der Waals surface area contributed by atoms with Crippen molar-refractivity contribution < 1.29 is 13.2 Å². The molecule has 3 aromatic rings. The molecule has 0 aliphatic heterocycles. The van der Waals surface area contributed by atoms with E-state index in [1.807, 2.05) is 0 Å². The first-order valence-corrected chi connectivity index (χ1v) is 6.67. The molecule has 0 saturated carbocycles. The molecule has 0 atom stereocenters. The first-order valence-electron chi connectivity index (χ1n) is 6.67. The molecule has 0 bridgehead atoms. The first kappa shape index (κ1) is 14.5. The van der Waals surface area contributed by atoms with Gasteiger partial charge in [0.1, 0.15) is 5.82 Å². The highest BCUT2D eigenvalue weighted by atomic mass is 19.4. The minimum atomic E-state index is -4.39. The molecule has 2 N–H and O–H groups in total.